The topological polar surface area (TPSA) is 46.5 Å². The van der Waals surface area contributed by atoms with E-state index < -0.39 is 7.60 Å². The lowest BCUT2D eigenvalue weighted by atomic mass is 10.3. The van der Waals surface area contributed by atoms with Crippen LogP contribution in [0, 0.1) is 0 Å². The van der Waals surface area contributed by atoms with E-state index in [4.69, 9.17) is 4.52 Å². The predicted octanol–water partition coefficient (Wildman–Crippen LogP) is 3.69. The van der Waals surface area contributed by atoms with Crippen LogP contribution in [0.2, 0.25) is 0 Å². The van der Waals surface area contributed by atoms with Crippen molar-refractivity contribution in [3.8, 4) is 0 Å². The number of hydrogen-bond donors (Lipinski definition) is 1. The molecule has 14 heavy (non-hydrogen) atoms. The molecule has 0 saturated heterocycles. The minimum Gasteiger partial charge on any atom is -0.321 e. The average molecular weight is 220 g/mol. The molecule has 0 spiro atoms. The summed E-state index contributed by atoms with van der Waals surface area (Å²) in [6, 6.07) is 0. The Morgan fingerprint density at radius 2 is 2.00 bits per heavy atom. The van der Waals surface area contributed by atoms with Gasteiger partial charge in [-0.15, -0.1) is 0 Å². The van der Waals surface area contributed by atoms with Crippen LogP contribution in [0.5, 0.6) is 0 Å². The molecule has 0 aliphatic carbocycles. The van der Waals surface area contributed by atoms with Gasteiger partial charge >= 0.3 is 7.60 Å². The Morgan fingerprint density at radius 3 is 2.57 bits per heavy atom. The van der Waals surface area contributed by atoms with E-state index in [1.54, 1.807) is 6.08 Å². The highest BCUT2D eigenvalue weighted by Crippen LogP contribution is 2.43. The minimum absolute atomic E-state index is 0.373. The van der Waals surface area contributed by atoms with Gasteiger partial charge in [-0.1, -0.05) is 39.2 Å². The Balaban J connectivity index is 3.66. The van der Waals surface area contributed by atoms with Gasteiger partial charge in [-0.05, 0) is 12.8 Å². The van der Waals surface area contributed by atoms with Gasteiger partial charge in [-0.25, -0.2) is 0 Å². The van der Waals surface area contributed by atoms with Crippen molar-refractivity contribution in [2.24, 2.45) is 0 Å². The second-order valence-corrected chi connectivity index (χ2v) is 4.96. The highest BCUT2D eigenvalue weighted by molar-refractivity contribution is 7.56. The van der Waals surface area contributed by atoms with E-state index in [-0.39, 0.29) is 0 Å². The highest BCUT2D eigenvalue weighted by Gasteiger charge is 2.12. The van der Waals surface area contributed by atoms with Crippen molar-refractivity contribution in [3.05, 3.63) is 11.9 Å². The summed E-state index contributed by atoms with van der Waals surface area (Å²) in [5, 5.41) is 0. The lowest BCUT2D eigenvalue weighted by molar-refractivity contribution is 0.261. The van der Waals surface area contributed by atoms with Gasteiger partial charge in [0.25, 0.3) is 0 Å². The van der Waals surface area contributed by atoms with E-state index in [0.717, 1.165) is 32.1 Å². The third-order valence-electron chi connectivity index (χ3n) is 1.77. The van der Waals surface area contributed by atoms with Crippen molar-refractivity contribution >= 4 is 7.60 Å². The molecule has 84 valence electrons. The van der Waals surface area contributed by atoms with Crippen molar-refractivity contribution in [2.45, 2.75) is 46.0 Å². The fraction of sp³-hybridized carbons (Fsp3) is 0.800. The SMILES string of the molecule is CCCC=CP(=O)(O)OCCCCC. The largest absolute Gasteiger partial charge is 0.351 e. The quantitative estimate of drug-likeness (QED) is 0.501. The molecule has 3 nitrogen and oxygen atoms in total. The molecule has 1 atom stereocenters. The van der Waals surface area contributed by atoms with E-state index in [9.17, 15) is 9.46 Å². The Labute approximate surface area is 86.7 Å². The molecular formula is C10H21O3P. The summed E-state index contributed by atoms with van der Waals surface area (Å²) in [5.74, 6) is 1.29. The van der Waals surface area contributed by atoms with E-state index in [2.05, 4.69) is 6.92 Å². The molecule has 0 aromatic rings. The maximum absolute atomic E-state index is 11.3. The molecule has 1 N–H and O–H groups in total. The third-order valence-corrected chi connectivity index (χ3v) is 2.91. The van der Waals surface area contributed by atoms with E-state index in [0.29, 0.717) is 6.61 Å². The van der Waals surface area contributed by atoms with Crippen LogP contribution >= 0.6 is 7.60 Å². The number of allylic oxidation sites excluding steroid dienone is 1. The fourth-order valence-electron chi connectivity index (χ4n) is 0.965. The third kappa shape index (κ3) is 8.49. The Morgan fingerprint density at radius 1 is 1.29 bits per heavy atom. The first-order valence-electron chi connectivity index (χ1n) is 5.27. The standard InChI is InChI=1S/C10H21O3P/c1-3-5-7-9-13-14(11,12)10-8-6-4-2/h8,10H,3-7,9H2,1-2H3,(H,11,12). The Bertz CT molecular complexity index is 202. The van der Waals surface area contributed by atoms with Crippen LogP contribution in [0.4, 0.5) is 0 Å². The number of hydrogen-bond acceptors (Lipinski definition) is 2. The average Bonchev–Trinajstić information content (AvgIpc) is 2.13. The van der Waals surface area contributed by atoms with Gasteiger partial charge < -0.3 is 9.42 Å². The Kier molecular flexibility index (Phi) is 8.15. The summed E-state index contributed by atoms with van der Waals surface area (Å²) in [7, 11) is -3.44. The summed E-state index contributed by atoms with van der Waals surface area (Å²) in [6.07, 6.45) is 6.49. The molecule has 0 radical (unpaired) electrons. The van der Waals surface area contributed by atoms with Gasteiger partial charge in [0.05, 0.1) is 6.61 Å². The van der Waals surface area contributed by atoms with E-state index in [1.165, 1.54) is 5.82 Å². The van der Waals surface area contributed by atoms with Gasteiger partial charge in [0, 0.05) is 5.82 Å². The second-order valence-electron chi connectivity index (χ2n) is 3.28. The highest BCUT2D eigenvalue weighted by atomic mass is 31.2. The van der Waals surface area contributed by atoms with Crippen molar-refractivity contribution < 1.29 is 14.0 Å². The normalized spacial score (nSPS) is 15.9. The molecule has 0 amide bonds. The van der Waals surface area contributed by atoms with Gasteiger partial charge in [0.2, 0.25) is 0 Å². The van der Waals surface area contributed by atoms with Crippen LogP contribution in [0.1, 0.15) is 46.0 Å². The van der Waals surface area contributed by atoms with Crippen LogP contribution < -0.4 is 0 Å². The van der Waals surface area contributed by atoms with Crippen molar-refractivity contribution in [3.63, 3.8) is 0 Å². The maximum atomic E-state index is 11.3. The summed E-state index contributed by atoms with van der Waals surface area (Å²) in [6.45, 7) is 4.48. The zero-order chi connectivity index (χ0) is 10.9. The van der Waals surface area contributed by atoms with Crippen LogP contribution in [-0.2, 0) is 9.09 Å². The first-order valence-corrected chi connectivity index (χ1v) is 6.91. The smallest absolute Gasteiger partial charge is 0.321 e. The molecule has 0 aromatic carbocycles. The van der Waals surface area contributed by atoms with E-state index >= 15 is 0 Å². The molecule has 0 bridgehead atoms. The second kappa shape index (κ2) is 8.22. The molecule has 0 fully saturated rings. The monoisotopic (exact) mass is 220 g/mol. The summed E-state index contributed by atoms with van der Waals surface area (Å²) in [5.41, 5.74) is 0. The van der Waals surface area contributed by atoms with Crippen LogP contribution in [-0.4, -0.2) is 11.5 Å². The summed E-state index contributed by atoms with van der Waals surface area (Å²) < 4.78 is 16.2. The van der Waals surface area contributed by atoms with Gasteiger partial charge in [0.1, 0.15) is 0 Å². The zero-order valence-electron chi connectivity index (χ0n) is 9.11. The molecule has 4 heteroatoms. The summed E-state index contributed by atoms with van der Waals surface area (Å²) in [4.78, 5) is 9.29. The Hall–Kier alpha value is -0.110. The first kappa shape index (κ1) is 13.9. The molecule has 0 heterocycles. The molecule has 1 unspecified atom stereocenters. The van der Waals surface area contributed by atoms with Gasteiger partial charge in [0.15, 0.2) is 0 Å². The molecule has 0 aliphatic heterocycles. The first-order chi connectivity index (χ1) is 6.62. The summed E-state index contributed by atoms with van der Waals surface area (Å²) >= 11 is 0. The zero-order valence-corrected chi connectivity index (χ0v) is 10.0. The van der Waals surface area contributed by atoms with Crippen molar-refractivity contribution in [1.82, 2.24) is 0 Å². The number of unbranched alkanes of at least 4 members (excludes halogenated alkanes) is 3. The lowest BCUT2D eigenvalue weighted by Crippen LogP contribution is -1.90. The fourth-order valence-corrected chi connectivity index (χ4v) is 1.86. The molecule has 0 saturated carbocycles. The minimum atomic E-state index is -3.44. The van der Waals surface area contributed by atoms with Crippen LogP contribution in [0.25, 0.3) is 0 Å². The van der Waals surface area contributed by atoms with Gasteiger partial charge in [-0.3, -0.25) is 4.57 Å². The molecular weight excluding hydrogens is 199 g/mol. The molecule has 0 aromatic heterocycles. The molecule has 0 aliphatic rings. The van der Waals surface area contributed by atoms with Crippen molar-refractivity contribution in [1.29, 1.82) is 0 Å². The maximum Gasteiger partial charge on any atom is 0.351 e. The van der Waals surface area contributed by atoms with Gasteiger partial charge in [-0.2, -0.15) is 0 Å². The van der Waals surface area contributed by atoms with Crippen molar-refractivity contribution in [2.75, 3.05) is 6.61 Å². The van der Waals surface area contributed by atoms with Crippen LogP contribution in [0.15, 0.2) is 11.9 Å². The molecule has 0 rings (SSSR count). The van der Waals surface area contributed by atoms with E-state index in [1.807, 2.05) is 6.92 Å². The lowest BCUT2D eigenvalue weighted by Gasteiger charge is -2.07. The predicted molar refractivity (Wildman–Crippen MR) is 59.4 cm³/mol. The van der Waals surface area contributed by atoms with Crippen LogP contribution in [0.3, 0.4) is 0 Å². The number of rotatable bonds is 8.